The minimum atomic E-state index is -0.153. The zero-order chi connectivity index (χ0) is 12.8. The van der Waals surface area contributed by atoms with Crippen LogP contribution >= 0.6 is 12.2 Å². The van der Waals surface area contributed by atoms with Crippen LogP contribution in [0.15, 0.2) is 18.2 Å². The first-order valence-corrected chi connectivity index (χ1v) is 6.81. The number of nitrogens with zero attached hydrogens (tertiary/aromatic N) is 1. The molecule has 2 nitrogen and oxygen atoms in total. The SMILES string of the molecule is NC(=S)CC1(CN2CCc3ccc(F)cc32)CC1. The van der Waals surface area contributed by atoms with Gasteiger partial charge >= 0.3 is 0 Å². The second kappa shape index (κ2) is 4.19. The Morgan fingerprint density at radius 1 is 1.44 bits per heavy atom. The molecule has 96 valence electrons. The van der Waals surface area contributed by atoms with E-state index in [9.17, 15) is 4.39 Å². The van der Waals surface area contributed by atoms with Crippen LogP contribution in [-0.4, -0.2) is 18.1 Å². The van der Waals surface area contributed by atoms with Crippen LogP contribution in [0.1, 0.15) is 24.8 Å². The summed E-state index contributed by atoms with van der Waals surface area (Å²) in [6.07, 6.45) is 4.21. The zero-order valence-electron chi connectivity index (χ0n) is 10.3. The summed E-state index contributed by atoms with van der Waals surface area (Å²) in [5.41, 5.74) is 8.24. The van der Waals surface area contributed by atoms with Gasteiger partial charge in [0.1, 0.15) is 5.82 Å². The van der Waals surface area contributed by atoms with Crippen molar-refractivity contribution in [1.29, 1.82) is 0 Å². The highest BCUT2D eigenvalue weighted by Crippen LogP contribution is 2.50. The average molecular weight is 264 g/mol. The average Bonchev–Trinajstić information content (AvgIpc) is 2.93. The Morgan fingerprint density at radius 3 is 2.89 bits per heavy atom. The van der Waals surface area contributed by atoms with Crippen molar-refractivity contribution < 1.29 is 4.39 Å². The van der Waals surface area contributed by atoms with E-state index in [-0.39, 0.29) is 11.2 Å². The van der Waals surface area contributed by atoms with Gasteiger partial charge in [-0.1, -0.05) is 18.3 Å². The summed E-state index contributed by atoms with van der Waals surface area (Å²) in [6, 6.07) is 5.10. The molecule has 0 atom stereocenters. The Labute approximate surface area is 112 Å². The molecular formula is C14H17FN2S. The fourth-order valence-electron chi connectivity index (χ4n) is 2.92. The van der Waals surface area contributed by atoms with E-state index in [1.165, 1.54) is 18.4 Å². The Balaban J connectivity index is 1.77. The van der Waals surface area contributed by atoms with Gasteiger partial charge in [0.05, 0.1) is 4.99 Å². The van der Waals surface area contributed by atoms with Gasteiger partial charge in [-0.3, -0.25) is 0 Å². The molecule has 0 saturated heterocycles. The number of benzene rings is 1. The summed E-state index contributed by atoms with van der Waals surface area (Å²) >= 11 is 5.02. The molecule has 2 N–H and O–H groups in total. The molecule has 4 heteroatoms. The maximum Gasteiger partial charge on any atom is 0.125 e. The monoisotopic (exact) mass is 264 g/mol. The first-order chi connectivity index (χ1) is 8.58. The fraction of sp³-hybridized carbons (Fsp3) is 0.500. The van der Waals surface area contributed by atoms with Crippen LogP contribution < -0.4 is 10.6 Å². The lowest BCUT2D eigenvalue weighted by Crippen LogP contribution is -2.31. The number of anilines is 1. The van der Waals surface area contributed by atoms with Crippen molar-refractivity contribution in [1.82, 2.24) is 0 Å². The van der Waals surface area contributed by atoms with E-state index in [1.54, 1.807) is 12.1 Å². The van der Waals surface area contributed by atoms with Gasteiger partial charge in [-0.25, -0.2) is 4.39 Å². The lowest BCUT2D eigenvalue weighted by molar-refractivity contribution is 0.523. The molecule has 1 heterocycles. The summed E-state index contributed by atoms with van der Waals surface area (Å²) in [6.45, 7) is 1.94. The molecule has 1 saturated carbocycles. The fourth-order valence-corrected chi connectivity index (χ4v) is 3.23. The molecule has 1 fully saturated rings. The van der Waals surface area contributed by atoms with Crippen molar-refractivity contribution in [2.45, 2.75) is 25.7 Å². The molecule has 2 aliphatic rings. The molecule has 0 aromatic heterocycles. The zero-order valence-corrected chi connectivity index (χ0v) is 11.1. The summed E-state index contributed by atoms with van der Waals surface area (Å²) in [4.78, 5) is 2.90. The van der Waals surface area contributed by atoms with Crippen LogP contribution in [-0.2, 0) is 6.42 Å². The molecule has 0 bridgehead atoms. The highest BCUT2D eigenvalue weighted by molar-refractivity contribution is 7.80. The molecule has 1 aromatic rings. The lowest BCUT2D eigenvalue weighted by Gasteiger charge is -2.25. The molecule has 1 aliphatic carbocycles. The van der Waals surface area contributed by atoms with Gasteiger partial charge < -0.3 is 10.6 Å². The van der Waals surface area contributed by atoms with E-state index in [4.69, 9.17) is 18.0 Å². The number of halogens is 1. The van der Waals surface area contributed by atoms with Crippen LogP contribution in [0.3, 0.4) is 0 Å². The van der Waals surface area contributed by atoms with Crippen LogP contribution in [0.4, 0.5) is 10.1 Å². The van der Waals surface area contributed by atoms with Crippen molar-refractivity contribution in [2.24, 2.45) is 11.1 Å². The van der Waals surface area contributed by atoms with Gasteiger partial charge in [-0.2, -0.15) is 0 Å². The smallest absolute Gasteiger partial charge is 0.125 e. The molecular weight excluding hydrogens is 247 g/mol. The highest BCUT2D eigenvalue weighted by Gasteiger charge is 2.45. The van der Waals surface area contributed by atoms with Crippen LogP contribution in [0, 0.1) is 11.2 Å². The van der Waals surface area contributed by atoms with Gasteiger partial charge in [0, 0.05) is 25.2 Å². The Bertz CT molecular complexity index is 497. The molecule has 0 radical (unpaired) electrons. The van der Waals surface area contributed by atoms with Gasteiger partial charge in [0.15, 0.2) is 0 Å². The summed E-state index contributed by atoms with van der Waals surface area (Å²) < 4.78 is 13.3. The standard InChI is InChI=1S/C14H17FN2S/c15-11-2-1-10-3-6-17(12(10)7-11)9-14(4-5-14)8-13(16)18/h1-2,7H,3-6,8-9H2,(H2,16,18). The van der Waals surface area contributed by atoms with Crippen molar-refractivity contribution in [3.8, 4) is 0 Å². The van der Waals surface area contributed by atoms with Gasteiger partial charge in [-0.05, 0) is 42.4 Å². The third-order valence-corrected chi connectivity index (χ3v) is 4.22. The third-order valence-electron chi connectivity index (χ3n) is 4.07. The van der Waals surface area contributed by atoms with Crippen LogP contribution in [0.2, 0.25) is 0 Å². The molecule has 1 aliphatic heterocycles. The molecule has 3 rings (SSSR count). The van der Waals surface area contributed by atoms with E-state index >= 15 is 0 Å². The minimum Gasteiger partial charge on any atom is -0.393 e. The van der Waals surface area contributed by atoms with Gasteiger partial charge in [0.25, 0.3) is 0 Å². The van der Waals surface area contributed by atoms with Crippen LogP contribution in [0.25, 0.3) is 0 Å². The predicted octanol–water partition coefficient (Wildman–Crippen LogP) is 2.64. The summed E-state index contributed by atoms with van der Waals surface area (Å²) in [5, 5.41) is 0. The molecule has 0 spiro atoms. The summed E-state index contributed by atoms with van der Waals surface area (Å²) in [7, 11) is 0. The van der Waals surface area contributed by atoms with E-state index in [0.717, 1.165) is 31.6 Å². The number of thiocarbonyl (C=S) groups is 1. The normalized spacial score (nSPS) is 19.7. The van der Waals surface area contributed by atoms with Crippen molar-refractivity contribution in [3.63, 3.8) is 0 Å². The van der Waals surface area contributed by atoms with E-state index in [1.807, 2.05) is 6.07 Å². The van der Waals surface area contributed by atoms with Gasteiger partial charge in [0.2, 0.25) is 0 Å². The maximum atomic E-state index is 13.3. The van der Waals surface area contributed by atoms with E-state index in [2.05, 4.69) is 4.90 Å². The van der Waals surface area contributed by atoms with E-state index in [0.29, 0.717) is 4.99 Å². The van der Waals surface area contributed by atoms with Crippen LogP contribution in [0.5, 0.6) is 0 Å². The number of rotatable bonds is 4. The third kappa shape index (κ3) is 2.21. The quantitative estimate of drug-likeness (QED) is 0.848. The van der Waals surface area contributed by atoms with Crippen molar-refractivity contribution in [2.75, 3.05) is 18.0 Å². The molecule has 18 heavy (non-hydrogen) atoms. The topological polar surface area (TPSA) is 29.3 Å². The number of nitrogens with two attached hydrogens (primary N) is 1. The first kappa shape index (κ1) is 11.9. The first-order valence-electron chi connectivity index (χ1n) is 6.40. The molecule has 0 amide bonds. The maximum absolute atomic E-state index is 13.3. The van der Waals surface area contributed by atoms with E-state index < -0.39 is 0 Å². The highest BCUT2D eigenvalue weighted by atomic mass is 32.1. The second-order valence-corrected chi connectivity index (χ2v) is 6.11. The van der Waals surface area contributed by atoms with Gasteiger partial charge in [-0.15, -0.1) is 0 Å². The molecule has 0 unspecified atom stereocenters. The van der Waals surface area contributed by atoms with Crippen molar-refractivity contribution in [3.05, 3.63) is 29.6 Å². The Morgan fingerprint density at radius 2 is 2.22 bits per heavy atom. The summed E-state index contributed by atoms with van der Waals surface area (Å²) in [5.74, 6) is -0.153. The Kier molecular flexibility index (Phi) is 2.77. The predicted molar refractivity (Wildman–Crippen MR) is 75.4 cm³/mol. The van der Waals surface area contributed by atoms with Crippen molar-refractivity contribution >= 4 is 22.9 Å². The minimum absolute atomic E-state index is 0.153. The number of fused-ring (bicyclic) bond motifs is 1. The lowest BCUT2D eigenvalue weighted by atomic mass is 10.0. The largest absolute Gasteiger partial charge is 0.393 e. The second-order valence-electron chi connectivity index (χ2n) is 5.59. The Hall–Kier alpha value is -1.16. The number of hydrogen-bond acceptors (Lipinski definition) is 2. The molecule has 1 aromatic carbocycles. The number of hydrogen-bond donors (Lipinski definition) is 1.